The topological polar surface area (TPSA) is 68.5 Å². The molecule has 0 fully saturated rings. The Labute approximate surface area is 174 Å². The van der Waals surface area contributed by atoms with Crippen molar-refractivity contribution in [1.29, 1.82) is 0 Å². The number of hydrogen-bond donors (Lipinski definition) is 0. The molecular weight excluding hydrogens is 386 g/mol. The Kier molecular flexibility index (Phi) is 6.82. The predicted molar refractivity (Wildman–Crippen MR) is 118 cm³/mol. The van der Waals surface area contributed by atoms with E-state index in [0.717, 1.165) is 47.1 Å². The monoisotopic (exact) mass is 411 g/mol. The molecule has 3 aromatic rings. The lowest BCUT2D eigenvalue weighted by molar-refractivity contribution is -0.384. The molecule has 1 unspecified atom stereocenters. The summed E-state index contributed by atoms with van der Waals surface area (Å²) in [5.41, 5.74) is 2.86. The van der Waals surface area contributed by atoms with Gasteiger partial charge in [0, 0.05) is 34.8 Å². The number of ether oxygens (including phenoxy) is 1. The molecule has 1 atom stereocenters. The van der Waals surface area contributed by atoms with Gasteiger partial charge >= 0.3 is 0 Å². The van der Waals surface area contributed by atoms with Crippen molar-refractivity contribution in [1.82, 2.24) is 4.98 Å². The van der Waals surface area contributed by atoms with E-state index in [2.05, 4.69) is 30.9 Å². The summed E-state index contributed by atoms with van der Waals surface area (Å²) in [7, 11) is 1.66. The average Bonchev–Trinajstić information content (AvgIpc) is 3.23. The van der Waals surface area contributed by atoms with Crippen molar-refractivity contribution < 1.29 is 9.66 Å². The van der Waals surface area contributed by atoms with Crippen molar-refractivity contribution in [2.24, 2.45) is 0 Å². The minimum Gasteiger partial charge on any atom is -0.497 e. The van der Waals surface area contributed by atoms with Gasteiger partial charge in [0.25, 0.3) is 5.69 Å². The number of anilines is 2. The lowest BCUT2D eigenvalue weighted by Gasteiger charge is -2.31. The van der Waals surface area contributed by atoms with Gasteiger partial charge in [0.15, 0.2) is 5.13 Å². The Hall–Kier alpha value is -2.93. The summed E-state index contributed by atoms with van der Waals surface area (Å²) in [6.07, 6.45) is 3.16. The van der Waals surface area contributed by atoms with Crippen LogP contribution in [0.4, 0.5) is 16.5 Å². The van der Waals surface area contributed by atoms with Gasteiger partial charge in [-0.25, -0.2) is 4.98 Å². The van der Waals surface area contributed by atoms with Gasteiger partial charge in [0.2, 0.25) is 0 Å². The Balaban J connectivity index is 1.96. The van der Waals surface area contributed by atoms with E-state index in [4.69, 9.17) is 9.72 Å². The normalized spacial score (nSPS) is 11.8. The first-order valence-electron chi connectivity index (χ1n) is 9.71. The molecule has 0 saturated heterocycles. The molecule has 0 aliphatic carbocycles. The van der Waals surface area contributed by atoms with E-state index in [1.54, 1.807) is 30.6 Å². The molecular formula is C22H25N3O3S. The highest BCUT2D eigenvalue weighted by atomic mass is 32.1. The van der Waals surface area contributed by atoms with E-state index >= 15 is 0 Å². The number of aromatic nitrogens is 1. The largest absolute Gasteiger partial charge is 0.497 e. The van der Waals surface area contributed by atoms with E-state index in [0.29, 0.717) is 6.04 Å². The fraction of sp³-hybridized carbons (Fsp3) is 0.318. The summed E-state index contributed by atoms with van der Waals surface area (Å²) in [5, 5.41) is 13.8. The third kappa shape index (κ3) is 4.74. The molecule has 0 bridgehead atoms. The number of nitro groups is 1. The number of non-ortho nitro benzene ring substituents is 1. The zero-order valence-electron chi connectivity index (χ0n) is 16.9. The van der Waals surface area contributed by atoms with Gasteiger partial charge in [-0.3, -0.25) is 10.1 Å². The molecule has 0 aliphatic heterocycles. The number of methoxy groups -OCH3 is 1. The molecule has 29 heavy (non-hydrogen) atoms. The van der Waals surface area contributed by atoms with Crippen molar-refractivity contribution >= 4 is 27.8 Å². The second-order valence-corrected chi connectivity index (χ2v) is 7.57. The van der Waals surface area contributed by atoms with Gasteiger partial charge in [0.05, 0.1) is 17.7 Å². The molecule has 6 nitrogen and oxygen atoms in total. The highest BCUT2D eigenvalue weighted by molar-refractivity contribution is 7.14. The fourth-order valence-electron chi connectivity index (χ4n) is 3.33. The molecule has 0 amide bonds. The molecule has 0 aliphatic rings. The molecule has 0 radical (unpaired) electrons. The van der Waals surface area contributed by atoms with Crippen LogP contribution >= 0.6 is 11.3 Å². The van der Waals surface area contributed by atoms with E-state index in [1.165, 1.54) is 12.1 Å². The van der Waals surface area contributed by atoms with Crippen molar-refractivity contribution in [2.45, 2.75) is 39.2 Å². The molecule has 2 aromatic carbocycles. The quantitative estimate of drug-likeness (QED) is 0.299. The van der Waals surface area contributed by atoms with Gasteiger partial charge < -0.3 is 9.64 Å². The summed E-state index contributed by atoms with van der Waals surface area (Å²) in [4.78, 5) is 17.7. The Morgan fingerprint density at radius 2 is 1.83 bits per heavy atom. The zero-order valence-corrected chi connectivity index (χ0v) is 17.7. The number of thiazole rings is 1. The van der Waals surface area contributed by atoms with Crippen LogP contribution in [0.1, 0.15) is 33.1 Å². The van der Waals surface area contributed by atoms with Crippen LogP contribution in [0.25, 0.3) is 11.3 Å². The maximum absolute atomic E-state index is 10.9. The molecule has 0 saturated carbocycles. The zero-order chi connectivity index (χ0) is 20.8. The molecule has 0 spiro atoms. The van der Waals surface area contributed by atoms with Crippen LogP contribution < -0.4 is 9.64 Å². The maximum Gasteiger partial charge on any atom is 0.269 e. The third-order valence-electron chi connectivity index (χ3n) is 4.88. The number of benzene rings is 2. The van der Waals surface area contributed by atoms with Crippen LogP contribution in [0.15, 0.2) is 53.9 Å². The Bertz CT molecular complexity index is 939. The summed E-state index contributed by atoms with van der Waals surface area (Å²) in [5.74, 6) is 0.822. The fourth-order valence-corrected chi connectivity index (χ4v) is 4.26. The molecule has 1 heterocycles. The van der Waals surface area contributed by atoms with Gasteiger partial charge in [0.1, 0.15) is 5.75 Å². The summed E-state index contributed by atoms with van der Waals surface area (Å²) >= 11 is 1.59. The number of hydrogen-bond acceptors (Lipinski definition) is 6. The first-order valence-corrected chi connectivity index (χ1v) is 10.6. The van der Waals surface area contributed by atoms with Gasteiger partial charge in [-0.15, -0.1) is 11.3 Å². The smallest absolute Gasteiger partial charge is 0.269 e. The highest BCUT2D eigenvalue weighted by Crippen LogP contribution is 2.36. The van der Waals surface area contributed by atoms with E-state index < -0.39 is 4.92 Å². The lowest BCUT2D eigenvalue weighted by Crippen LogP contribution is -2.30. The van der Waals surface area contributed by atoms with Crippen LogP contribution in [0, 0.1) is 10.1 Å². The van der Waals surface area contributed by atoms with Crippen LogP contribution in [-0.4, -0.2) is 23.1 Å². The maximum atomic E-state index is 10.9. The summed E-state index contributed by atoms with van der Waals surface area (Å²) in [6, 6.07) is 14.9. The molecule has 0 N–H and O–H groups in total. The Morgan fingerprint density at radius 1 is 1.14 bits per heavy atom. The highest BCUT2D eigenvalue weighted by Gasteiger charge is 2.22. The van der Waals surface area contributed by atoms with E-state index in [-0.39, 0.29) is 5.69 Å². The first kappa shape index (κ1) is 20.8. The molecule has 3 rings (SSSR count). The summed E-state index contributed by atoms with van der Waals surface area (Å²) in [6.45, 7) is 4.39. The van der Waals surface area contributed by atoms with Gasteiger partial charge in [-0.1, -0.05) is 20.3 Å². The van der Waals surface area contributed by atoms with Crippen LogP contribution in [-0.2, 0) is 0 Å². The first-order chi connectivity index (χ1) is 14.1. The number of nitrogens with zero attached hydrogens (tertiary/aromatic N) is 3. The van der Waals surface area contributed by atoms with Crippen LogP contribution in [0.5, 0.6) is 5.75 Å². The minimum absolute atomic E-state index is 0.0815. The van der Waals surface area contributed by atoms with Crippen molar-refractivity contribution in [3.8, 4) is 17.0 Å². The van der Waals surface area contributed by atoms with Crippen molar-refractivity contribution in [3.63, 3.8) is 0 Å². The third-order valence-corrected chi connectivity index (χ3v) is 5.72. The SMILES string of the molecule is CCCC(CC)N(c1ccc(OC)cc1)c1nc(-c2ccc([N+](=O)[O-])cc2)cs1. The number of rotatable bonds is 9. The van der Waals surface area contributed by atoms with Crippen LogP contribution in [0.3, 0.4) is 0 Å². The van der Waals surface area contributed by atoms with E-state index in [9.17, 15) is 10.1 Å². The molecule has 7 heteroatoms. The van der Waals surface area contributed by atoms with Gasteiger partial charge in [-0.2, -0.15) is 0 Å². The van der Waals surface area contributed by atoms with Gasteiger partial charge in [-0.05, 0) is 49.2 Å². The summed E-state index contributed by atoms with van der Waals surface area (Å²) < 4.78 is 5.30. The molecule has 1 aromatic heterocycles. The van der Waals surface area contributed by atoms with Crippen LogP contribution in [0.2, 0.25) is 0 Å². The molecule has 152 valence electrons. The second kappa shape index (κ2) is 9.52. The van der Waals surface area contributed by atoms with Crippen molar-refractivity contribution in [2.75, 3.05) is 12.0 Å². The minimum atomic E-state index is -0.391. The van der Waals surface area contributed by atoms with Crippen molar-refractivity contribution in [3.05, 3.63) is 64.0 Å². The lowest BCUT2D eigenvalue weighted by atomic mass is 10.1. The standard InChI is InChI=1S/C22H25N3O3S/c1-4-6-17(5-2)24(18-11-13-20(28-3)14-12-18)22-23-21(15-29-22)16-7-9-19(10-8-16)25(26)27/h7-15,17H,4-6H2,1-3H3. The Morgan fingerprint density at radius 3 is 2.38 bits per heavy atom. The van der Waals surface area contributed by atoms with E-state index in [1.807, 2.05) is 17.5 Å². The second-order valence-electron chi connectivity index (χ2n) is 6.74. The average molecular weight is 412 g/mol. The number of nitro benzene ring substituents is 1. The predicted octanol–water partition coefficient (Wildman–Crippen LogP) is 6.44.